The molecule has 2 saturated heterocycles. The number of phenolic OH excluding ortho intramolecular Hbond substituents is 1. The van der Waals surface area contributed by atoms with E-state index in [1.165, 1.54) is 21.6 Å². The van der Waals surface area contributed by atoms with Crippen LogP contribution in [-0.4, -0.2) is 36.7 Å². The molecule has 2 aromatic carbocycles. The van der Waals surface area contributed by atoms with Crippen molar-refractivity contribution in [3.05, 3.63) is 68.3 Å². The average molecular weight is 628 g/mol. The summed E-state index contributed by atoms with van der Waals surface area (Å²) in [6.45, 7) is 6.94. The SMILES string of the molecule is COc1cc(/C=C(\C)CC[C@H]2OC[C@H]3C2=C(C(C)C)C[C@H]2C(=O)N(c4ccccc4)C(=O)[C@H]23)cc(I)c1O. The number of rotatable bonds is 7. The number of phenols is 1. The van der Waals surface area contributed by atoms with Crippen LogP contribution in [0.4, 0.5) is 5.69 Å². The molecule has 0 radical (unpaired) electrons. The van der Waals surface area contributed by atoms with Crippen molar-refractivity contribution in [2.75, 3.05) is 18.6 Å². The number of hydrogen-bond donors (Lipinski definition) is 1. The van der Waals surface area contributed by atoms with E-state index >= 15 is 0 Å². The number of amides is 2. The van der Waals surface area contributed by atoms with E-state index in [0.29, 0.717) is 24.5 Å². The van der Waals surface area contributed by atoms with Crippen LogP contribution in [0.3, 0.4) is 0 Å². The number of imide groups is 1. The Hall–Kier alpha value is -2.65. The van der Waals surface area contributed by atoms with Gasteiger partial charge in [-0.2, -0.15) is 0 Å². The van der Waals surface area contributed by atoms with E-state index in [9.17, 15) is 14.7 Å². The lowest BCUT2D eigenvalue weighted by Gasteiger charge is -2.33. The van der Waals surface area contributed by atoms with Crippen LogP contribution in [0.2, 0.25) is 0 Å². The lowest BCUT2D eigenvalue weighted by atomic mass is 9.67. The number of halogens is 1. The van der Waals surface area contributed by atoms with Crippen molar-refractivity contribution in [2.45, 2.75) is 46.1 Å². The molecular weight excluding hydrogens is 593 g/mol. The van der Waals surface area contributed by atoms with Crippen LogP contribution in [-0.2, 0) is 14.3 Å². The third-order valence-electron chi connectivity index (χ3n) is 8.14. The standard InChI is InChI=1S/C31H34INO5/c1-17(2)21-15-22-28(31(36)33(30(22)35)20-8-6-5-7-9-20)23-16-38-25(27(21)23)11-10-18(3)12-19-13-24(32)29(34)26(14-19)37-4/h5-9,12-14,17,22-23,25,28,34H,10-11,15-16H2,1-4H3/b18-12+/t22-,23+,25-,28-/m1/s1. The van der Waals surface area contributed by atoms with Crippen molar-refractivity contribution in [1.82, 2.24) is 0 Å². The van der Waals surface area contributed by atoms with Crippen LogP contribution >= 0.6 is 22.6 Å². The molecule has 6 nitrogen and oxygen atoms in total. The third-order valence-corrected chi connectivity index (χ3v) is 8.96. The van der Waals surface area contributed by atoms with Gasteiger partial charge in [-0.15, -0.1) is 0 Å². The highest BCUT2D eigenvalue weighted by Crippen LogP contribution is 2.52. The highest BCUT2D eigenvalue weighted by atomic mass is 127. The molecule has 4 atom stereocenters. The summed E-state index contributed by atoms with van der Waals surface area (Å²) < 4.78 is 12.4. The van der Waals surface area contributed by atoms with E-state index in [4.69, 9.17) is 9.47 Å². The molecule has 7 heteroatoms. The molecular formula is C31H34INO5. The van der Waals surface area contributed by atoms with Gasteiger partial charge in [-0.1, -0.05) is 49.3 Å². The van der Waals surface area contributed by atoms with E-state index in [0.717, 1.165) is 22.0 Å². The first-order chi connectivity index (χ1) is 18.2. The number of allylic oxidation sites excluding steroid dienone is 2. The van der Waals surface area contributed by atoms with E-state index < -0.39 is 0 Å². The zero-order valence-electron chi connectivity index (χ0n) is 22.2. The number of nitrogens with zero attached hydrogens (tertiary/aromatic N) is 1. The maximum atomic E-state index is 13.6. The fourth-order valence-corrected chi connectivity index (χ4v) is 6.96. The maximum absolute atomic E-state index is 13.6. The number of carbonyl (C=O) groups excluding carboxylic acids is 2. The minimum atomic E-state index is -0.353. The highest BCUT2D eigenvalue weighted by molar-refractivity contribution is 14.1. The number of methoxy groups -OCH3 is 1. The summed E-state index contributed by atoms with van der Waals surface area (Å²) >= 11 is 2.11. The number of para-hydroxylation sites is 1. The molecule has 2 heterocycles. The summed E-state index contributed by atoms with van der Waals surface area (Å²) in [4.78, 5) is 28.5. The minimum Gasteiger partial charge on any atom is -0.504 e. The second kappa shape index (κ2) is 10.8. The summed E-state index contributed by atoms with van der Waals surface area (Å²) in [5.41, 5.74) is 5.37. The van der Waals surface area contributed by atoms with Gasteiger partial charge in [-0.05, 0) is 90.1 Å². The number of fused-ring (bicyclic) bond motifs is 3. The van der Waals surface area contributed by atoms with E-state index in [1.54, 1.807) is 7.11 Å². The van der Waals surface area contributed by atoms with Crippen LogP contribution in [0.15, 0.2) is 59.2 Å². The normalized spacial score (nSPS) is 25.3. The number of anilines is 1. The summed E-state index contributed by atoms with van der Waals surface area (Å²) in [5, 5.41) is 10.1. The van der Waals surface area contributed by atoms with Gasteiger partial charge in [-0.3, -0.25) is 14.5 Å². The maximum Gasteiger partial charge on any atom is 0.238 e. The molecule has 5 rings (SSSR count). The predicted molar refractivity (Wildman–Crippen MR) is 156 cm³/mol. The van der Waals surface area contributed by atoms with Gasteiger partial charge in [0.15, 0.2) is 11.5 Å². The molecule has 0 saturated carbocycles. The molecule has 2 amide bonds. The lowest BCUT2D eigenvalue weighted by molar-refractivity contribution is -0.122. The van der Waals surface area contributed by atoms with Crippen molar-refractivity contribution in [1.29, 1.82) is 0 Å². The number of aromatic hydroxyl groups is 1. The van der Waals surface area contributed by atoms with E-state index in [2.05, 4.69) is 49.4 Å². The molecule has 1 aliphatic carbocycles. The monoisotopic (exact) mass is 627 g/mol. The van der Waals surface area contributed by atoms with Crippen LogP contribution in [0.5, 0.6) is 11.5 Å². The van der Waals surface area contributed by atoms with E-state index in [1.807, 2.05) is 42.5 Å². The molecule has 0 bridgehead atoms. The van der Waals surface area contributed by atoms with Gasteiger partial charge in [0.05, 0.1) is 40.9 Å². The Balaban J connectivity index is 1.37. The smallest absolute Gasteiger partial charge is 0.238 e. The van der Waals surface area contributed by atoms with Crippen LogP contribution < -0.4 is 9.64 Å². The van der Waals surface area contributed by atoms with E-state index in [-0.39, 0.29) is 47.3 Å². The van der Waals surface area contributed by atoms with Crippen LogP contribution in [0.1, 0.15) is 45.6 Å². The van der Waals surface area contributed by atoms with Crippen molar-refractivity contribution in [3.63, 3.8) is 0 Å². The quantitative estimate of drug-likeness (QED) is 0.220. The minimum absolute atomic E-state index is 0.0477. The van der Waals surface area contributed by atoms with Crippen molar-refractivity contribution >= 4 is 46.2 Å². The van der Waals surface area contributed by atoms with Gasteiger partial charge in [0.25, 0.3) is 0 Å². The topological polar surface area (TPSA) is 76.1 Å². The lowest BCUT2D eigenvalue weighted by Crippen LogP contribution is -2.35. The molecule has 0 spiro atoms. The molecule has 3 aliphatic rings. The number of ether oxygens (including phenoxy) is 2. The molecule has 1 N–H and O–H groups in total. The molecule has 2 aromatic rings. The van der Waals surface area contributed by atoms with Gasteiger partial charge >= 0.3 is 0 Å². The Kier molecular flexibility index (Phi) is 7.69. The van der Waals surface area contributed by atoms with Gasteiger partial charge in [0.2, 0.25) is 11.8 Å². The average Bonchev–Trinajstić information content (AvgIpc) is 3.43. The fourth-order valence-electron chi connectivity index (χ4n) is 6.34. The molecule has 2 aliphatic heterocycles. The first-order valence-corrected chi connectivity index (χ1v) is 14.3. The fraction of sp³-hybridized carbons (Fsp3) is 0.419. The van der Waals surface area contributed by atoms with Gasteiger partial charge in [-0.25, -0.2) is 0 Å². The third kappa shape index (κ3) is 4.79. The zero-order valence-corrected chi connectivity index (χ0v) is 24.4. The molecule has 2 fully saturated rings. The second-order valence-corrected chi connectivity index (χ2v) is 12.0. The number of benzene rings is 2. The van der Waals surface area contributed by atoms with Gasteiger partial charge in [0.1, 0.15) is 0 Å². The molecule has 200 valence electrons. The Morgan fingerprint density at radius 1 is 1.18 bits per heavy atom. The summed E-state index contributed by atoms with van der Waals surface area (Å²) in [6.07, 6.45) is 4.34. The summed E-state index contributed by atoms with van der Waals surface area (Å²) in [6, 6.07) is 13.1. The summed E-state index contributed by atoms with van der Waals surface area (Å²) in [7, 11) is 1.55. The first kappa shape index (κ1) is 26.9. The predicted octanol–water partition coefficient (Wildman–Crippen LogP) is 6.37. The Labute approximate surface area is 237 Å². The first-order valence-electron chi connectivity index (χ1n) is 13.2. The molecule has 38 heavy (non-hydrogen) atoms. The number of carbonyl (C=O) groups is 2. The summed E-state index contributed by atoms with van der Waals surface area (Å²) in [5.74, 6) is 0.0167. The van der Waals surface area contributed by atoms with Crippen molar-refractivity contribution in [3.8, 4) is 11.5 Å². The Bertz CT molecular complexity index is 1320. The Morgan fingerprint density at radius 3 is 2.61 bits per heavy atom. The molecule has 0 unspecified atom stereocenters. The zero-order chi connectivity index (χ0) is 27.1. The van der Waals surface area contributed by atoms with Crippen molar-refractivity contribution in [2.24, 2.45) is 23.7 Å². The highest BCUT2D eigenvalue weighted by Gasteiger charge is 2.57. The van der Waals surface area contributed by atoms with Crippen LogP contribution in [0, 0.1) is 27.2 Å². The second-order valence-electron chi connectivity index (χ2n) is 10.8. The van der Waals surface area contributed by atoms with Crippen molar-refractivity contribution < 1.29 is 24.2 Å². The largest absolute Gasteiger partial charge is 0.504 e. The Morgan fingerprint density at radius 2 is 1.92 bits per heavy atom. The van der Waals surface area contributed by atoms with Gasteiger partial charge in [0, 0.05) is 5.92 Å². The van der Waals surface area contributed by atoms with Gasteiger partial charge < -0.3 is 14.6 Å². The molecule has 0 aromatic heterocycles. The number of hydrogen-bond acceptors (Lipinski definition) is 5. The van der Waals surface area contributed by atoms with Crippen LogP contribution in [0.25, 0.3) is 6.08 Å².